The Morgan fingerprint density at radius 3 is 2.55 bits per heavy atom. The molecule has 1 N–H and O–H groups in total. The Morgan fingerprint density at radius 1 is 1.07 bits per heavy atom. The first kappa shape index (κ1) is 19.3. The summed E-state index contributed by atoms with van der Waals surface area (Å²) in [6.45, 7) is 4.83. The van der Waals surface area contributed by atoms with E-state index in [9.17, 15) is 9.59 Å². The molecule has 0 aromatic heterocycles. The van der Waals surface area contributed by atoms with Crippen LogP contribution in [0.25, 0.3) is 22.6 Å². The lowest BCUT2D eigenvalue weighted by Gasteiger charge is -2.17. The third-order valence-corrected chi connectivity index (χ3v) is 5.31. The quantitative estimate of drug-likeness (QED) is 0.506. The SMILES string of the molecule is CC(C)c1ccc2c(c1)nc1c(=O)[nH]c(=O)nc-1n2CCCc1ccc(Cl)cc1. The molecule has 2 aromatic carbocycles. The third kappa shape index (κ3) is 3.93. The molecule has 2 aromatic rings. The molecule has 0 spiro atoms. The first-order valence-corrected chi connectivity index (χ1v) is 9.99. The fraction of sp³-hybridized carbons (Fsp3) is 0.273. The molecule has 148 valence electrons. The second-order valence-electron chi connectivity index (χ2n) is 7.44. The number of hydrogen-bond donors (Lipinski definition) is 1. The number of nitrogens with one attached hydrogen (secondary N) is 1. The molecule has 2 aliphatic heterocycles. The summed E-state index contributed by atoms with van der Waals surface area (Å²) in [5.74, 6) is 0.662. The van der Waals surface area contributed by atoms with Gasteiger partial charge in [0.15, 0.2) is 11.5 Å². The average molecular weight is 409 g/mol. The van der Waals surface area contributed by atoms with Gasteiger partial charge in [-0.3, -0.25) is 9.78 Å². The van der Waals surface area contributed by atoms with E-state index in [2.05, 4.69) is 34.9 Å². The Labute approximate surface area is 172 Å². The van der Waals surface area contributed by atoms with E-state index >= 15 is 0 Å². The van der Waals surface area contributed by atoms with Gasteiger partial charge in [0.1, 0.15) is 0 Å². The predicted molar refractivity (Wildman–Crippen MR) is 115 cm³/mol. The lowest BCUT2D eigenvalue weighted by Crippen LogP contribution is -2.29. The van der Waals surface area contributed by atoms with E-state index in [1.807, 2.05) is 41.0 Å². The molecule has 2 aliphatic rings. The van der Waals surface area contributed by atoms with Crippen LogP contribution in [0.2, 0.25) is 5.02 Å². The van der Waals surface area contributed by atoms with Crippen LogP contribution in [0.3, 0.4) is 0 Å². The third-order valence-electron chi connectivity index (χ3n) is 5.06. The predicted octanol–water partition coefficient (Wildman–Crippen LogP) is 3.99. The maximum absolute atomic E-state index is 12.4. The lowest BCUT2D eigenvalue weighted by molar-refractivity contribution is 0.648. The second-order valence-corrected chi connectivity index (χ2v) is 7.88. The van der Waals surface area contributed by atoms with Crippen molar-refractivity contribution in [1.82, 2.24) is 19.5 Å². The first-order valence-electron chi connectivity index (χ1n) is 9.61. The molecule has 0 saturated heterocycles. The van der Waals surface area contributed by atoms with Crippen LogP contribution in [-0.2, 0) is 13.0 Å². The zero-order valence-electron chi connectivity index (χ0n) is 16.3. The molecule has 0 aliphatic carbocycles. The fourth-order valence-corrected chi connectivity index (χ4v) is 3.62. The minimum absolute atomic E-state index is 0.185. The highest BCUT2D eigenvalue weighted by molar-refractivity contribution is 6.30. The number of aromatic nitrogens is 4. The van der Waals surface area contributed by atoms with Crippen molar-refractivity contribution in [2.75, 3.05) is 0 Å². The Hall–Kier alpha value is -2.99. The Bertz CT molecular complexity index is 1260. The van der Waals surface area contributed by atoms with Gasteiger partial charge in [-0.2, -0.15) is 4.98 Å². The second kappa shape index (κ2) is 7.79. The molecule has 4 rings (SSSR count). The van der Waals surface area contributed by atoms with Crippen LogP contribution in [-0.4, -0.2) is 19.5 Å². The summed E-state index contributed by atoms with van der Waals surface area (Å²) < 4.78 is 1.92. The molecular weight excluding hydrogens is 388 g/mol. The minimum Gasteiger partial charge on any atom is -0.322 e. The van der Waals surface area contributed by atoms with E-state index in [-0.39, 0.29) is 5.69 Å². The van der Waals surface area contributed by atoms with E-state index in [1.165, 1.54) is 5.56 Å². The molecule has 0 atom stereocenters. The molecule has 2 heterocycles. The molecule has 0 amide bonds. The highest BCUT2D eigenvalue weighted by Gasteiger charge is 2.19. The molecule has 0 bridgehead atoms. The maximum atomic E-state index is 12.4. The highest BCUT2D eigenvalue weighted by atomic mass is 35.5. The van der Waals surface area contributed by atoms with Crippen LogP contribution in [0.4, 0.5) is 0 Å². The van der Waals surface area contributed by atoms with Gasteiger partial charge in [0.2, 0.25) is 0 Å². The Kier molecular flexibility index (Phi) is 5.20. The number of hydrogen-bond acceptors (Lipinski definition) is 4. The number of benzene rings is 2. The van der Waals surface area contributed by atoms with Crippen LogP contribution >= 0.6 is 11.6 Å². The van der Waals surface area contributed by atoms with Crippen LogP contribution in [0.15, 0.2) is 52.1 Å². The molecular formula is C22H21ClN4O2. The summed E-state index contributed by atoms with van der Waals surface area (Å²) in [6.07, 6.45) is 1.65. The van der Waals surface area contributed by atoms with Crippen molar-refractivity contribution < 1.29 is 0 Å². The first-order chi connectivity index (χ1) is 13.9. The van der Waals surface area contributed by atoms with Crippen molar-refractivity contribution in [3.8, 4) is 11.5 Å². The van der Waals surface area contributed by atoms with Crippen LogP contribution in [0.5, 0.6) is 0 Å². The number of rotatable bonds is 5. The number of nitrogens with zero attached hydrogens (tertiary/aromatic N) is 3. The van der Waals surface area contributed by atoms with Gasteiger partial charge in [-0.05, 0) is 54.2 Å². The van der Waals surface area contributed by atoms with E-state index in [1.54, 1.807) is 0 Å². The van der Waals surface area contributed by atoms with Gasteiger partial charge in [0.25, 0.3) is 5.56 Å². The number of aromatic amines is 1. The van der Waals surface area contributed by atoms with Gasteiger partial charge >= 0.3 is 5.69 Å². The Balaban J connectivity index is 1.79. The number of aryl methyl sites for hydroxylation is 2. The van der Waals surface area contributed by atoms with Gasteiger partial charge < -0.3 is 4.57 Å². The molecule has 29 heavy (non-hydrogen) atoms. The zero-order chi connectivity index (χ0) is 20.5. The summed E-state index contributed by atoms with van der Waals surface area (Å²) in [6, 6.07) is 13.8. The lowest BCUT2D eigenvalue weighted by atomic mass is 10.0. The smallest absolute Gasteiger partial charge is 0.322 e. The monoisotopic (exact) mass is 408 g/mol. The summed E-state index contributed by atoms with van der Waals surface area (Å²) in [5.41, 5.74) is 2.91. The van der Waals surface area contributed by atoms with E-state index in [4.69, 9.17) is 11.6 Å². The summed E-state index contributed by atoms with van der Waals surface area (Å²) in [4.78, 5) is 35.0. The fourth-order valence-electron chi connectivity index (χ4n) is 3.49. The number of halogens is 1. The summed E-state index contributed by atoms with van der Waals surface area (Å²) >= 11 is 5.96. The van der Waals surface area contributed by atoms with Crippen LogP contribution in [0.1, 0.15) is 37.3 Å². The van der Waals surface area contributed by atoms with Crippen molar-refractivity contribution in [3.63, 3.8) is 0 Å². The zero-order valence-corrected chi connectivity index (χ0v) is 17.0. The number of fused-ring (bicyclic) bond motifs is 2. The van der Waals surface area contributed by atoms with Gasteiger partial charge in [-0.15, -0.1) is 0 Å². The van der Waals surface area contributed by atoms with Gasteiger partial charge in [-0.25, -0.2) is 9.78 Å². The highest BCUT2D eigenvalue weighted by Crippen LogP contribution is 2.25. The topological polar surface area (TPSA) is 80.6 Å². The summed E-state index contributed by atoms with van der Waals surface area (Å²) in [5, 5.41) is 0.710. The standard InChI is InChI=1S/C22H21ClN4O2/c1-13(2)15-7-10-18-17(12-15)24-19-20(25-22(29)26-21(19)28)27(18)11-3-4-14-5-8-16(23)9-6-14/h5-10,12-13H,3-4,11H2,1-2H3,(H,26,28,29). The number of H-pyrrole nitrogens is 1. The van der Waals surface area contributed by atoms with E-state index in [0.717, 1.165) is 29.4 Å². The van der Waals surface area contributed by atoms with Crippen LogP contribution < -0.4 is 11.2 Å². The molecule has 0 unspecified atom stereocenters. The average Bonchev–Trinajstić information content (AvgIpc) is 2.69. The van der Waals surface area contributed by atoms with Crippen molar-refractivity contribution in [3.05, 3.63) is 79.5 Å². The van der Waals surface area contributed by atoms with Crippen LogP contribution in [0, 0.1) is 0 Å². The van der Waals surface area contributed by atoms with Crippen molar-refractivity contribution >= 4 is 22.6 Å². The largest absolute Gasteiger partial charge is 0.349 e. The molecule has 0 saturated carbocycles. The van der Waals surface area contributed by atoms with E-state index < -0.39 is 11.2 Å². The maximum Gasteiger partial charge on any atom is 0.349 e. The molecule has 6 nitrogen and oxygen atoms in total. The minimum atomic E-state index is -0.658. The molecule has 0 radical (unpaired) electrons. The van der Waals surface area contributed by atoms with Crippen molar-refractivity contribution in [2.24, 2.45) is 0 Å². The normalized spacial score (nSPS) is 11.6. The van der Waals surface area contributed by atoms with Gasteiger partial charge in [0, 0.05) is 11.6 Å². The van der Waals surface area contributed by atoms with Gasteiger partial charge in [-0.1, -0.05) is 43.6 Å². The van der Waals surface area contributed by atoms with Crippen molar-refractivity contribution in [1.29, 1.82) is 0 Å². The van der Waals surface area contributed by atoms with Gasteiger partial charge in [0.05, 0.1) is 11.0 Å². The summed E-state index contributed by atoms with van der Waals surface area (Å²) in [7, 11) is 0. The molecule has 0 fully saturated rings. The molecule has 7 heteroatoms. The Morgan fingerprint density at radius 2 is 1.83 bits per heavy atom. The van der Waals surface area contributed by atoms with Crippen molar-refractivity contribution in [2.45, 2.75) is 39.2 Å². The van der Waals surface area contributed by atoms with E-state index in [0.29, 0.717) is 23.3 Å².